The third-order valence-corrected chi connectivity index (χ3v) is 5.89. The summed E-state index contributed by atoms with van der Waals surface area (Å²) in [5, 5.41) is 0. The molecule has 0 amide bonds. The van der Waals surface area contributed by atoms with Gasteiger partial charge in [0, 0.05) is 5.56 Å². The van der Waals surface area contributed by atoms with Gasteiger partial charge in [-0.25, -0.2) is 0 Å². The average molecular weight is 382 g/mol. The number of hydrogen-bond donors (Lipinski definition) is 0. The minimum Gasteiger partial charge on any atom is -0.493 e. The van der Waals surface area contributed by atoms with E-state index in [9.17, 15) is 4.79 Å². The number of ether oxygens (including phenoxy) is 2. The molecule has 4 heteroatoms. The molecular formula is C24H31NO3. The second-order valence-electron chi connectivity index (χ2n) is 7.78. The van der Waals surface area contributed by atoms with E-state index in [0.717, 1.165) is 32.4 Å². The monoisotopic (exact) mass is 381 g/mol. The van der Waals surface area contributed by atoms with E-state index in [-0.39, 0.29) is 11.8 Å². The molecule has 1 atom stereocenters. The molecule has 1 unspecified atom stereocenters. The maximum absolute atomic E-state index is 13.0. The zero-order chi connectivity index (χ0) is 20.1. The predicted octanol–water partition coefficient (Wildman–Crippen LogP) is 4.54. The largest absolute Gasteiger partial charge is 0.493 e. The highest BCUT2D eigenvalue weighted by atomic mass is 16.5. The van der Waals surface area contributed by atoms with E-state index < -0.39 is 0 Å². The SMILES string of the molecule is COc1ccc(C(=O)C(C)N2CCC(Cc3ccc(C)cc3)CC2)cc1OC. The quantitative estimate of drug-likeness (QED) is 0.660. The normalized spacial score (nSPS) is 16.6. The number of nitrogens with zero attached hydrogens (tertiary/aromatic N) is 1. The first-order valence-electron chi connectivity index (χ1n) is 10.1. The van der Waals surface area contributed by atoms with Crippen LogP contribution in [-0.4, -0.2) is 44.0 Å². The van der Waals surface area contributed by atoms with Gasteiger partial charge in [-0.05, 0) is 75.9 Å². The van der Waals surface area contributed by atoms with Gasteiger partial charge < -0.3 is 9.47 Å². The Labute approximate surface area is 168 Å². The zero-order valence-corrected chi connectivity index (χ0v) is 17.4. The van der Waals surface area contributed by atoms with E-state index in [4.69, 9.17) is 9.47 Å². The fourth-order valence-corrected chi connectivity index (χ4v) is 4.00. The molecule has 1 aliphatic heterocycles. The van der Waals surface area contributed by atoms with Crippen LogP contribution in [0.2, 0.25) is 0 Å². The standard InChI is InChI=1S/C24H31NO3/c1-17-5-7-19(8-6-17)15-20-11-13-25(14-12-20)18(2)24(26)21-9-10-22(27-3)23(16-21)28-4/h5-10,16,18,20H,11-15H2,1-4H3. The first kappa shape index (κ1) is 20.4. The van der Waals surface area contributed by atoms with E-state index in [2.05, 4.69) is 36.1 Å². The second-order valence-corrected chi connectivity index (χ2v) is 7.78. The number of piperidine rings is 1. The summed E-state index contributed by atoms with van der Waals surface area (Å²) in [6.45, 7) is 6.08. The van der Waals surface area contributed by atoms with Gasteiger partial charge in [0.05, 0.1) is 20.3 Å². The summed E-state index contributed by atoms with van der Waals surface area (Å²) in [5.41, 5.74) is 3.39. The molecule has 0 radical (unpaired) electrons. The highest BCUT2D eigenvalue weighted by Gasteiger charge is 2.27. The van der Waals surface area contributed by atoms with Gasteiger partial charge in [-0.15, -0.1) is 0 Å². The van der Waals surface area contributed by atoms with Gasteiger partial charge in [0.15, 0.2) is 17.3 Å². The molecule has 0 N–H and O–H groups in total. The number of methoxy groups -OCH3 is 2. The molecule has 0 bridgehead atoms. The molecular weight excluding hydrogens is 350 g/mol. The molecule has 0 saturated carbocycles. The third kappa shape index (κ3) is 4.74. The molecule has 0 spiro atoms. The van der Waals surface area contributed by atoms with Crippen molar-refractivity contribution in [2.75, 3.05) is 27.3 Å². The highest BCUT2D eigenvalue weighted by Crippen LogP contribution is 2.29. The summed E-state index contributed by atoms with van der Waals surface area (Å²) in [6, 6.07) is 14.1. The van der Waals surface area contributed by atoms with E-state index in [1.165, 1.54) is 11.1 Å². The summed E-state index contributed by atoms with van der Waals surface area (Å²) in [6.07, 6.45) is 3.40. The Kier molecular flexibility index (Phi) is 6.74. The van der Waals surface area contributed by atoms with Crippen molar-refractivity contribution in [3.05, 3.63) is 59.2 Å². The Morgan fingerprint density at radius 1 is 1.04 bits per heavy atom. The Morgan fingerprint density at radius 2 is 1.68 bits per heavy atom. The number of aryl methyl sites for hydroxylation is 1. The van der Waals surface area contributed by atoms with Crippen molar-refractivity contribution in [1.82, 2.24) is 4.90 Å². The molecule has 150 valence electrons. The molecule has 1 saturated heterocycles. The van der Waals surface area contributed by atoms with Crippen LogP contribution in [0.1, 0.15) is 41.3 Å². The Balaban J connectivity index is 1.57. The lowest BCUT2D eigenvalue weighted by atomic mass is 9.89. The van der Waals surface area contributed by atoms with Crippen LogP contribution in [0.5, 0.6) is 11.5 Å². The fourth-order valence-electron chi connectivity index (χ4n) is 4.00. The fraction of sp³-hybridized carbons (Fsp3) is 0.458. The van der Waals surface area contributed by atoms with Crippen LogP contribution >= 0.6 is 0 Å². The number of benzene rings is 2. The summed E-state index contributed by atoms with van der Waals surface area (Å²) >= 11 is 0. The third-order valence-electron chi connectivity index (χ3n) is 5.89. The summed E-state index contributed by atoms with van der Waals surface area (Å²) in [4.78, 5) is 15.3. The number of carbonyl (C=O) groups excluding carboxylic acids is 1. The van der Waals surface area contributed by atoms with Crippen molar-refractivity contribution in [1.29, 1.82) is 0 Å². The van der Waals surface area contributed by atoms with Crippen molar-refractivity contribution >= 4 is 5.78 Å². The maximum atomic E-state index is 13.0. The lowest BCUT2D eigenvalue weighted by Crippen LogP contribution is -2.44. The zero-order valence-electron chi connectivity index (χ0n) is 17.4. The van der Waals surface area contributed by atoms with Crippen LogP contribution in [0.25, 0.3) is 0 Å². The summed E-state index contributed by atoms with van der Waals surface area (Å²) in [7, 11) is 3.19. The van der Waals surface area contributed by atoms with E-state index in [1.54, 1.807) is 26.4 Å². The first-order chi connectivity index (χ1) is 13.5. The van der Waals surface area contributed by atoms with Gasteiger partial charge in [-0.3, -0.25) is 9.69 Å². The number of Topliss-reactive ketones (excluding diaryl/α,β-unsaturated/α-hetero) is 1. The van der Waals surface area contributed by atoms with Gasteiger partial charge in [-0.1, -0.05) is 29.8 Å². The molecule has 1 fully saturated rings. The number of rotatable bonds is 7. The van der Waals surface area contributed by atoms with Crippen molar-refractivity contribution < 1.29 is 14.3 Å². The molecule has 0 aliphatic carbocycles. The van der Waals surface area contributed by atoms with Gasteiger partial charge in [0.1, 0.15) is 0 Å². The number of ketones is 1. The van der Waals surface area contributed by atoms with Crippen molar-refractivity contribution in [2.24, 2.45) is 5.92 Å². The van der Waals surface area contributed by atoms with Crippen molar-refractivity contribution in [3.63, 3.8) is 0 Å². The molecule has 1 heterocycles. The van der Waals surface area contributed by atoms with Gasteiger partial charge in [0.2, 0.25) is 0 Å². The van der Waals surface area contributed by atoms with Crippen LogP contribution in [0.4, 0.5) is 0 Å². The Morgan fingerprint density at radius 3 is 2.29 bits per heavy atom. The van der Waals surface area contributed by atoms with Gasteiger partial charge in [-0.2, -0.15) is 0 Å². The summed E-state index contributed by atoms with van der Waals surface area (Å²) in [5.74, 6) is 2.07. The predicted molar refractivity (Wildman–Crippen MR) is 113 cm³/mol. The molecule has 0 aromatic heterocycles. The molecule has 2 aromatic carbocycles. The molecule has 1 aliphatic rings. The highest BCUT2D eigenvalue weighted by molar-refractivity contribution is 6.00. The van der Waals surface area contributed by atoms with Crippen molar-refractivity contribution in [2.45, 2.75) is 39.2 Å². The van der Waals surface area contributed by atoms with Gasteiger partial charge in [0.25, 0.3) is 0 Å². The van der Waals surface area contributed by atoms with E-state index in [1.807, 2.05) is 13.0 Å². The van der Waals surface area contributed by atoms with Crippen LogP contribution in [0, 0.1) is 12.8 Å². The van der Waals surface area contributed by atoms with Crippen LogP contribution in [0.15, 0.2) is 42.5 Å². The average Bonchev–Trinajstić information content (AvgIpc) is 2.74. The lowest BCUT2D eigenvalue weighted by molar-refractivity contribution is 0.0770. The smallest absolute Gasteiger partial charge is 0.179 e. The van der Waals surface area contributed by atoms with Crippen molar-refractivity contribution in [3.8, 4) is 11.5 Å². The van der Waals surface area contributed by atoms with Crippen LogP contribution < -0.4 is 9.47 Å². The molecule has 28 heavy (non-hydrogen) atoms. The van der Waals surface area contributed by atoms with Crippen LogP contribution in [0.3, 0.4) is 0 Å². The lowest BCUT2D eigenvalue weighted by Gasteiger charge is -2.35. The van der Waals surface area contributed by atoms with E-state index >= 15 is 0 Å². The first-order valence-corrected chi connectivity index (χ1v) is 10.1. The Hall–Kier alpha value is -2.33. The number of hydrogen-bond acceptors (Lipinski definition) is 4. The topological polar surface area (TPSA) is 38.8 Å². The summed E-state index contributed by atoms with van der Waals surface area (Å²) < 4.78 is 10.6. The number of carbonyl (C=O) groups is 1. The molecule has 2 aromatic rings. The molecule has 4 nitrogen and oxygen atoms in total. The van der Waals surface area contributed by atoms with E-state index in [0.29, 0.717) is 23.0 Å². The van der Waals surface area contributed by atoms with Crippen LogP contribution in [-0.2, 0) is 6.42 Å². The number of likely N-dealkylation sites (tertiary alicyclic amines) is 1. The second kappa shape index (κ2) is 9.24. The minimum absolute atomic E-state index is 0.126. The minimum atomic E-state index is -0.126. The van der Waals surface area contributed by atoms with Gasteiger partial charge >= 0.3 is 0 Å². The maximum Gasteiger partial charge on any atom is 0.179 e. The Bertz CT molecular complexity index is 792. The molecule has 3 rings (SSSR count).